The van der Waals surface area contributed by atoms with E-state index in [4.69, 9.17) is 0 Å². The number of benzene rings is 1. The van der Waals surface area contributed by atoms with Gasteiger partial charge in [-0.05, 0) is 42.0 Å². The monoisotopic (exact) mass is 253 g/mol. The first-order valence-corrected chi connectivity index (χ1v) is 6.39. The molecule has 0 fully saturated rings. The van der Waals surface area contributed by atoms with Crippen LogP contribution in [0.25, 0.3) is 0 Å². The molecule has 19 heavy (non-hydrogen) atoms. The minimum atomic E-state index is -0.716. The van der Waals surface area contributed by atoms with Crippen LogP contribution >= 0.6 is 0 Å². The second-order valence-electron chi connectivity index (χ2n) is 5.25. The highest BCUT2D eigenvalue weighted by molar-refractivity contribution is 5.77. The lowest BCUT2D eigenvalue weighted by Crippen LogP contribution is -2.34. The zero-order valence-electron chi connectivity index (χ0n) is 10.5. The SMILES string of the molecule is O=C(O)C1(Cc2cccnc2)Cc2ccccc2C1. The fraction of sp³-hybridized carbons (Fsp3) is 0.250. The number of carboxylic acids is 1. The quantitative estimate of drug-likeness (QED) is 0.914. The summed E-state index contributed by atoms with van der Waals surface area (Å²) in [4.78, 5) is 15.8. The van der Waals surface area contributed by atoms with Crippen molar-refractivity contribution in [2.24, 2.45) is 5.41 Å². The third-order valence-corrected chi connectivity index (χ3v) is 3.90. The van der Waals surface area contributed by atoms with E-state index in [1.807, 2.05) is 36.4 Å². The lowest BCUT2D eigenvalue weighted by atomic mass is 9.79. The Hall–Kier alpha value is -2.16. The van der Waals surface area contributed by atoms with Gasteiger partial charge in [0.1, 0.15) is 0 Å². The summed E-state index contributed by atoms with van der Waals surface area (Å²) < 4.78 is 0. The van der Waals surface area contributed by atoms with Crippen LogP contribution < -0.4 is 0 Å². The maximum absolute atomic E-state index is 11.8. The molecule has 0 saturated heterocycles. The summed E-state index contributed by atoms with van der Waals surface area (Å²) in [6.07, 6.45) is 5.21. The van der Waals surface area contributed by atoms with Gasteiger partial charge in [0, 0.05) is 12.4 Å². The second-order valence-corrected chi connectivity index (χ2v) is 5.25. The van der Waals surface area contributed by atoms with Gasteiger partial charge < -0.3 is 5.11 Å². The fourth-order valence-electron chi connectivity index (χ4n) is 2.94. The van der Waals surface area contributed by atoms with Crippen LogP contribution in [-0.4, -0.2) is 16.1 Å². The third kappa shape index (κ3) is 2.12. The van der Waals surface area contributed by atoms with Gasteiger partial charge in [0.25, 0.3) is 0 Å². The molecule has 1 aromatic heterocycles. The van der Waals surface area contributed by atoms with Gasteiger partial charge in [-0.3, -0.25) is 9.78 Å². The van der Waals surface area contributed by atoms with Gasteiger partial charge in [0.2, 0.25) is 0 Å². The van der Waals surface area contributed by atoms with Crippen molar-refractivity contribution in [2.75, 3.05) is 0 Å². The van der Waals surface area contributed by atoms with Crippen LogP contribution in [0.4, 0.5) is 0 Å². The number of nitrogens with zero attached hydrogens (tertiary/aromatic N) is 1. The first kappa shape index (κ1) is 11.9. The molecule has 0 bridgehead atoms. The Morgan fingerprint density at radius 2 is 1.84 bits per heavy atom. The van der Waals surface area contributed by atoms with Crippen molar-refractivity contribution in [1.29, 1.82) is 0 Å². The third-order valence-electron chi connectivity index (χ3n) is 3.90. The van der Waals surface area contributed by atoms with E-state index >= 15 is 0 Å². The highest BCUT2D eigenvalue weighted by Gasteiger charge is 2.43. The molecule has 0 atom stereocenters. The minimum absolute atomic E-state index is 0.533. The summed E-state index contributed by atoms with van der Waals surface area (Å²) in [5, 5.41) is 9.68. The molecule has 0 unspecified atom stereocenters. The number of aromatic nitrogens is 1. The van der Waals surface area contributed by atoms with Gasteiger partial charge in [-0.25, -0.2) is 0 Å². The van der Waals surface area contributed by atoms with E-state index in [1.165, 1.54) is 0 Å². The average molecular weight is 253 g/mol. The standard InChI is InChI=1S/C16H15NO2/c18-15(19)16(8-12-4-3-7-17-11-12)9-13-5-1-2-6-14(13)10-16/h1-7,11H,8-10H2,(H,18,19). The maximum atomic E-state index is 11.8. The molecule has 1 aliphatic rings. The second kappa shape index (κ2) is 4.50. The van der Waals surface area contributed by atoms with E-state index in [-0.39, 0.29) is 0 Å². The largest absolute Gasteiger partial charge is 0.481 e. The summed E-state index contributed by atoms with van der Waals surface area (Å²) in [6, 6.07) is 11.8. The van der Waals surface area contributed by atoms with Crippen LogP contribution in [0, 0.1) is 5.41 Å². The molecule has 0 amide bonds. The average Bonchev–Trinajstić information content (AvgIpc) is 2.79. The van der Waals surface area contributed by atoms with E-state index in [2.05, 4.69) is 4.98 Å². The number of hydrogen-bond acceptors (Lipinski definition) is 2. The molecule has 3 heteroatoms. The van der Waals surface area contributed by atoms with Gasteiger partial charge in [-0.1, -0.05) is 30.3 Å². The van der Waals surface area contributed by atoms with E-state index in [0.717, 1.165) is 16.7 Å². The van der Waals surface area contributed by atoms with Crippen molar-refractivity contribution in [3.63, 3.8) is 0 Å². The predicted octanol–water partition coefficient (Wildman–Crippen LogP) is 2.49. The molecule has 1 aromatic carbocycles. The number of hydrogen-bond donors (Lipinski definition) is 1. The Kier molecular flexibility index (Phi) is 2.82. The van der Waals surface area contributed by atoms with Crippen LogP contribution in [-0.2, 0) is 24.1 Å². The molecule has 3 nitrogen and oxygen atoms in total. The van der Waals surface area contributed by atoms with Crippen LogP contribution in [0.15, 0.2) is 48.8 Å². The summed E-state index contributed by atoms with van der Waals surface area (Å²) >= 11 is 0. The van der Waals surface area contributed by atoms with E-state index < -0.39 is 11.4 Å². The normalized spacial score (nSPS) is 16.0. The molecule has 2 aromatic rings. The van der Waals surface area contributed by atoms with E-state index in [9.17, 15) is 9.90 Å². The number of carboxylic acid groups (broad SMARTS) is 1. The molecule has 0 saturated carbocycles. The van der Waals surface area contributed by atoms with Gasteiger partial charge in [0.15, 0.2) is 0 Å². The smallest absolute Gasteiger partial charge is 0.310 e. The van der Waals surface area contributed by atoms with Crippen LogP contribution in [0.2, 0.25) is 0 Å². The van der Waals surface area contributed by atoms with Gasteiger partial charge >= 0.3 is 5.97 Å². The molecular formula is C16H15NO2. The Labute approximate surface area is 111 Å². The number of carbonyl (C=O) groups is 1. The summed E-state index contributed by atoms with van der Waals surface area (Å²) in [7, 11) is 0. The predicted molar refractivity (Wildman–Crippen MR) is 71.9 cm³/mol. The van der Waals surface area contributed by atoms with Crippen molar-refractivity contribution in [3.8, 4) is 0 Å². The van der Waals surface area contributed by atoms with Crippen LogP contribution in [0.3, 0.4) is 0 Å². The van der Waals surface area contributed by atoms with Gasteiger partial charge in [-0.2, -0.15) is 0 Å². The Balaban J connectivity index is 1.93. The van der Waals surface area contributed by atoms with Crippen molar-refractivity contribution >= 4 is 5.97 Å². The summed E-state index contributed by atoms with van der Waals surface area (Å²) in [5.41, 5.74) is 2.59. The Bertz CT molecular complexity index is 582. The molecule has 0 aliphatic heterocycles. The first-order chi connectivity index (χ1) is 9.20. The molecule has 3 rings (SSSR count). The number of rotatable bonds is 3. The Morgan fingerprint density at radius 1 is 1.16 bits per heavy atom. The molecule has 0 radical (unpaired) electrons. The molecule has 96 valence electrons. The van der Waals surface area contributed by atoms with Crippen molar-refractivity contribution < 1.29 is 9.90 Å². The molecule has 1 aliphatic carbocycles. The van der Waals surface area contributed by atoms with Crippen molar-refractivity contribution in [1.82, 2.24) is 4.98 Å². The number of aliphatic carboxylic acids is 1. The summed E-state index contributed by atoms with van der Waals surface area (Å²) in [5.74, 6) is -0.715. The number of fused-ring (bicyclic) bond motifs is 1. The van der Waals surface area contributed by atoms with Crippen molar-refractivity contribution in [2.45, 2.75) is 19.3 Å². The zero-order valence-corrected chi connectivity index (χ0v) is 10.5. The lowest BCUT2D eigenvalue weighted by Gasteiger charge is -2.23. The fourth-order valence-corrected chi connectivity index (χ4v) is 2.94. The van der Waals surface area contributed by atoms with Gasteiger partial charge in [0.05, 0.1) is 5.41 Å². The molecule has 1 N–H and O–H groups in total. The Morgan fingerprint density at radius 3 is 2.37 bits per heavy atom. The van der Waals surface area contributed by atoms with Crippen molar-refractivity contribution in [3.05, 3.63) is 65.5 Å². The highest BCUT2D eigenvalue weighted by Crippen LogP contribution is 2.39. The first-order valence-electron chi connectivity index (χ1n) is 6.39. The van der Waals surface area contributed by atoms with E-state index in [0.29, 0.717) is 19.3 Å². The van der Waals surface area contributed by atoms with Gasteiger partial charge in [-0.15, -0.1) is 0 Å². The topological polar surface area (TPSA) is 50.2 Å². The highest BCUT2D eigenvalue weighted by atomic mass is 16.4. The summed E-state index contributed by atoms with van der Waals surface area (Å²) in [6.45, 7) is 0. The number of pyridine rings is 1. The lowest BCUT2D eigenvalue weighted by molar-refractivity contribution is -0.148. The maximum Gasteiger partial charge on any atom is 0.310 e. The minimum Gasteiger partial charge on any atom is -0.481 e. The van der Waals surface area contributed by atoms with Crippen LogP contribution in [0.5, 0.6) is 0 Å². The zero-order chi connectivity index (χ0) is 13.3. The van der Waals surface area contributed by atoms with Crippen LogP contribution in [0.1, 0.15) is 16.7 Å². The van der Waals surface area contributed by atoms with E-state index in [1.54, 1.807) is 12.4 Å². The molecule has 0 spiro atoms. The molecular weight excluding hydrogens is 238 g/mol. The molecule has 1 heterocycles.